The van der Waals surface area contributed by atoms with Crippen LogP contribution < -0.4 is 4.74 Å². The summed E-state index contributed by atoms with van der Waals surface area (Å²) in [4.78, 5) is 19.2. The van der Waals surface area contributed by atoms with Crippen LogP contribution in [0.25, 0.3) is 17.3 Å². The highest BCUT2D eigenvalue weighted by molar-refractivity contribution is 6.39. The maximum atomic E-state index is 11.1. The quantitative estimate of drug-likeness (QED) is 0.322. The number of carbonyl (C=O) groups is 1. The Labute approximate surface area is 224 Å². The summed E-state index contributed by atoms with van der Waals surface area (Å²) in [5, 5.41) is 14.4. The van der Waals surface area contributed by atoms with Crippen LogP contribution in [-0.4, -0.2) is 32.8 Å². The minimum atomic E-state index is -1.02. The molecular formula is C28H27Cl2N3O4. The van der Waals surface area contributed by atoms with Crippen LogP contribution in [-0.2, 0) is 0 Å². The van der Waals surface area contributed by atoms with E-state index in [4.69, 9.17) is 37.6 Å². The Hall–Kier alpha value is -2.90. The molecule has 9 heteroatoms. The van der Waals surface area contributed by atoms with E-state index in [9.17, 15) is 4.79 Å². The summed E-state index contributed by atoms with van der Waals surface area (Å²) >= 11 is 12.8. The van der Waals surface area contributed by atoms with Gasteiger partial charge in [0.05, 0.1) is 22.8 Å². The predicted octanol–water partition coefficient (Wildman–Crippen LogP) is 7.22. The van der Waals surface area contributed by atoms with Gasteiger partial charge in [-0.05, 0) is 74.3 Å². The van der Waals surface area contributed by atoms with E-state index in [0.717, 1.165) is 37.0 Å². The third-order valence-electron chi connectivity index (χ3n) is 7.90. The van der Waals surface area contributed by atoms with Crippen molar-refractivity contribution in [1.82, 2.24) is 15.1 Å². The van der Waals surface area contributed by atoms with Crippen LogP contribution in [0.2, 0.25) is 10.0 Å². The molecule has 0 aliphatic heterocycles. The van der Waals surface area contributed by atoms with Crippen molar-refractivity contribution in [3.8, 4) is 17.0 Å². The lowest BCUT2D eigenvalue weighted by atomic mass is 9.48. The van der Waals surface area contributed by atoms with Gasteiger partial charge in [0.25, 0.3) is 0 Å². The molecule has 3 aromatic heterocycles. The van der Waals surface area contributed by atoms with Gasteiger partial charge in [-0.3, -0.25) is 4.98 Å². The molecule has 0 bridgehead atoms. The van der Waals surface area contributed by atoms with Gasteiger partial charge in [0.15, 0.2) is 5.69 Å². The number of aryl methyl sites for hydroxylation is 1. The largest absolute Gasteiger partial charge is 0.492 e. The molecule has 1 N–H and O–H groups in total. The number of pyridine rings is 2. The summed E-state index contributed by atoms with van der Waals surface area (Å²) in [6.07, 6.45) is 16.0. The highest BCUT2D eigenvalue weighted by atomic mass is 35.5. The Morgan fingerprint density at radius 2 is 1.92 bits per heavy atom. The molecule has 0 unspecified atom stereocenters. The van der Waals surface area contributed by atoms with Crippen LogP contribution in [0.1, 0.15) is 71.8 Å². The number of carboxylic acids is 1. The number of aromatic nitrogens is 3. The van der Waals surface area contributed by atoms with Crippen LogP contribution in [0.4, 0.5) is 0 Å². The Kier molecular flexibility index (Phi) is 6.24. The summed E-state index contributed by atoms with van der Waals surface area (Å²) < 4.78 is 11.7. The number of hydrogen-bond donors (Lipinski definition) is 1. The predicted molar refractivity (Wildman–Crippen MR) is 140 cm³/mol. The maximum absolute atomic E-state index is 11.1. The van der Waals surface area contributed by atoms with Crippen LogP contribution in [0.3, 0.4) is 0 Å². The molecule has 3 aromatic rings. The molecular weight excluding hydrogens is 513 g/mol. The van der Waals surface area contributed by atoms with Gasteiger partial charge < -0.3 is 14.4 Å². The van der Waals surface area contributed by atoms with Crippen molar-refractivity contribution in [2.75, 3.05) is 6.61 Å². The number of nitrogens with zero attached hydrogens (tertiary/aromatic N) is 3. The lowest BCUT2D eigenvalue weighted by molar-refractivity contribution is -0.0657. The molecule has 3 aliphatic rings. The molecule has 3 saturated carbocycles. The molecule has 3 heterocycles. The number of hydrogen-bond acceptors (Lipinski definition) is 6. The molecule has 0 saturated heterocycles. The minimum absolute atomic E-state index is 0.0676. The van der Waals surface area contributed by atoms with Gasteiger partial charge in [0, 0.05) is 29.4 Å². The highest BCUT2D eigenvalue weighted by Gasteiger charge is 2.52. The summed E-state index contributed by atoms with van der Waals surface area (Å²) in [5.74, 6) is 1.99. The summed E-state index contributed by atoms with van der Waals surface area (Å²) in [5.41, 5.74) is 3.43. The van der Waals surface area contributed by atoms with Gasteiger partial charge in [0.2, 0.25) is 0 Å². The van der Waals surface area contributed by atoms with E-state index in [1.54, 1.807) is 25.4 Å². The van der Waals surface area contributed by atoms with Crippen LogP contribution in [0.5, 0.6) is 5.75 Å². The fraction of sp³-hybridized carbons (Fsp3) is 0.429. The van der Waals surface area contributed by atoms with Crippen LogP contribution in [0, 0.1) is 24.2 Å². The van der Waals surface area contributed by atoms with E-state index >= 15 is 0 Å². The second-order valence-electron chi connectivity index (χ2n) is 10.8. The average molecular weight is 540 g/mol. The van der Waals surface area contributed by atoms with Crippen molar-refractivity contribution in [2.45, 2.75) is 51.4 Å². The van der Waals surface area contributed by atoms with Gasteiger partial charge >= 0.3 is 5.97 Å². The Bertz CT molecular complexity index is 1360. The van der Waals surface area contributed by atoms with Crippen molar-refractivity contribution in [1.29, 1.82) is 0 Å². The van der Waals surface area contributed by atoms with Crippen molar-refractivity contribution >= 4 is 35.2 Å². The van der Waals surface area contributed by atoms with Gasteiger partial charge in [0.1, 0.15) is 17.2 Å². The summed E-state index contributed by atoms with van der Waals surface area (Å²) in [6, 6.07) is 1.75. The SMILES string of the molecule is Cc1cc(OCC2CC3(CC(C=Cc4c(-c5c(Cl)cncc5Cl)noc4C4CC4)C3)C2)cnc1C(=O)O. The molecule has 192 valence electrons. The topological polar surface area (TPSA) is 98.3 Å². The van der Waals surface area contributed by atoms with Gasteiger partial charge in [-0.15, -0.1) is 0 Å². The Morgan fingerprint density at radius 3 is 2.57 bits per heavy atom. The third-order valence-corrected chi connectivity index (χ3v) is 8.48. The molecule has 0 atom stereocenters. The zero-order valence-electron chi connectivity index (χ0n) is 20.4. The molecule has 3 aliphatic carbocycles. The lowest BCUT2D eigenvalue weighted by Crippen LogP contribution is -2.48. The second kappa shape index (κ2) is 9.44. The first-order valence-corrected chi connectivity index (χ1v) is 13.4. The van der Waals surface area contributed by atoms with E-state index in [0.29, 0.717) is 62.4 Å². The molecule has 7 nitrogen and oxygen atoms in total. The van der Waals surface area contributed by atoms with Crippen molar-refractivity contribution in [2.24, 2.45) is 17.3 Å². The number of aromatic carboxylic acids is 1. The molecule has 3 fully saturated rings. The number of ether oxygens (including phenoxy) is 1. The summed E-state index contributed by atoms with van der Waals surface area (Å²) in [6.45, 7) is 2.37. The van der Waals surface area contributed by atoms with Crippen LogP contribution in [0.15, 0.2) is 35.3 Å². The number of allylic oxidation sites excluding steroid dienone is 1. The van der Waals surface area contributed by atoms with Crippen LogP contribution >= 0.6 is 23.2 Å². The molecule has 0 amide bonds. The second-order valence-corrected chi connectivity index (χ2v) is 11.6. The van der Waals surface area contributed by atoms with Gasteiger partial charge in [-0.1, -0.05) is 40.5 Å². The van der Waals surface area contributed by atoms with E-state index in [-0.39, 0.29) is 5.69 Å². The first kappa shape index (κ1) is 24.4. The first-order valence-electron chi connectivity index (χ1n) is 12.6. The van der Waals surface area contributed by atoms with E-state index < -0.39 is 5.97 Å². The smallest absolute Gasteiger partial charge is 0.354 e. The monoisotopic (exact) mass is 539 g/mol. The Balaban J connectivity index is 1.06. The van der Waals surface area contributed by atoms with Crippen molar-refractivity contribution in [3.05, 3.63) is 63.4 Å². The van der Waals surface area contributed by atoms with Gasteiger partial charge in [-0.25, -0.2) is 9.78 Å². The standard InChI is InChI=1S/C28H27Cl2N3O4/c1-15-6-19(11-32-24(15)27(34)35)36-14-17-9-28(10-17)7-16(8-28)2-5-20-25(33-37-26(20)18-3-4-18)23-21(29)12-31-13-22(23)30/h2,5-6,11-13,16-18H,3-4,7-10,14H2,1H3,(H,34,35). The zero-order valence-corrected chi connectivity index (χ0v) is 21.9. The van der Waals surface area contributed by atoms with E-state index in [1.807, 2.05) is 0 Å². The summed E-state index contributed by atoms with van der Waals surface area (Å²) in [7, 11) is 0. The highest BCUT2D eigenvalue weighted by Crippen LogP contribution is 2.61. The number of halogens is 2. The first-order chi connectivity index (χ1) is 17.8. The van der Waals surface area contributed by atoms with Crippen molar-refractivity contribution < 1.29 is 19.2 Å². The van der Waals surface area contributed by atoms with E-state index in [1.165, 1.54) is 19.0 Å². The lowest BCUT2D eigenvalue weighted by Gasteiger charge is -2.57. The Morgan fingerprint density at radius 1 is 1.19 bits per heavy atom. The van der Waals surface area contributed by atoms with Crippen molar-refractivity contribution in [3.63, 3.8) is 0 Å². The zero-order chi connectivity index (χ0) is 25.7. The number of rotatable bonds is 8. The number of carboxylic acid groups (broad SMARTS) is 1. The normalized spacial score (nSPS) is 24.7. The molecule has 37 heavy (non-hydrogen) atoms. The third kappa shape index (κ3) is 4.75. The molecule has 6 rings (SSSR count). The maximum Gasteiger partial charge on any atom is 0.354 e. The fourth-order valence-electron chi connectivity index (χ4n) is 6.03. The fourth-order valence-corrected chi connectivity index (χ4v) is 6.58. The average Bonchev–Trinajstić information content (AvgIpc) is 3.57. The molecule has 0 radical (unpaired) electrons. The van der Waals surface area contributed by atoms with E-state index in [2.05, 4.69) is 27.3 Å². The van der Waals surface area contributed by atoms with Gasteiger partial charge in [-0.2, -0.15) is 0 Å². The molecule has 1 spiro atoms. The minimum Gasteiger partial charge on any atom is -0.492 e. The molecule has 0 aromatic carbocycles.